The smallest absolute Gasteiger partial charge is 0.857 e. The minimum atomic E-state index is -0.833. The van der Waals surface area contributed by atoms with E-state index in [4.69, 9.17) is 58.4 Å². The fourth-order valence-electron chi connectivity index (χ4n) is 5.94. The van der Waals surface area contributed by atoms with Crippen LogP contribution in [0.15, 0.2) is 152 Å². The second-order valence-corrected chi connectivity index (χ2v) is 30.9. The first-order chi connectivity index (χ1) is 42.4. The topological polar surface area (TPSA) is 165 Å². The van der Waals surface area contributed by atoms with Crippen molar-refractivity contribution in [3.8, 4) is 28.7 Å². The molecule has 90 heavy (non-hydrogen) atoms. The van der Waals surface area contributed by atoms with Crippen LogP contribution in [-0.2, 0) is 47.0 Å². The van der Waals surface area contributed by atoms with E-state index in [1.54, 1.807) is 75.1 Å². The fraction of sp³-hybridized carbons (Fsp3) is 0.362. The van der Waals surface area contributed by atoms with Gasteiger partial charge in [-0.3, -0.25) is 4.79 Å². The molecule has 0 unspecified atom stereocenters. The third-order valence-corrected chi connectivity index (χ3v) is 28.0. The number of carboxylic acid groups (broad SMARTS) is 1. The van der Waals surface area contributed by atoms with E-state index in [0.717, 1.165) is 90.0 Å². The van der Waals surface area contributed by atoms with Crippen LogP contribution >= 0.6 is 256 Å². The standard InChI is InChI=1S/C23H24O4S.C9H10Br2O2S.C6H8OS.C5H10Br2O2.C4Br4S.C4H2Br2S.C4H4S.C2H4O2.CH3O.Br2.Na.Zn/c1-3-7-19(8-4-1)11-24-15-23(16-25-12-20-9-5-2-6-10-20)17-26-21-13-28-14-22(21)27-18-23;10-3-9(4-11)5-12-7-1-14-2-8(7)13-6-9;1-5-3-8-4-6(5)7-2;6-1-5(2-7,3-8)4-9;5-1-2(6)4(8)9-3(1)7;5-3-1-7-2-4(3)6;1-2-4-5-3-1;1-2(3)4;2*1-2;;/h1-10,13-14H,11-12,15-18H2;1-2H,3-6H2;3-4H,1-2H3;8-9H,1-4H2;;1-2H;1-4H;1H3,(H,3,4);1H3;;;/q;;;;;;;;-1;;+1;. The third-order valence-electron chi connectivity index (χ3n) is 10.9. The number of fused-ring (bicyclic) bond motifs is 2. The number of rotatable bonds is 15. The Morgan fingerprint density at radius 2 is 0.922 bits per heavy atom. The molecule has 12 nitrogen and oxygen atoms in total. The number of hydrogen-bond donors (Lipinski definition) is 3. The molecular formula is C58H65Br12NaO12S6Zn. The van der Waals surface area contributed by atoms with Crippen LogP contribution in [0, 0.1) is 23.2 Å². The molecule has 0 saturated heterocycles. The summed E-state index contributed by atoms with van der Waals surface area (Å²) in [7, 11) is 2.44. The van der Waals surface area contributed by atoms with Gasteiger partial charge in [0.2, 0.25) is 0 Å². The number of aliphatic carboxylic acids is 1. The van der Waals surface area contributed by atoms with Crippen molar-refractivity contribution in [2.75, 3.05) is 88.4 Å². The van der Waals surface area contributed by atoms with E-state index in [2.05, 4.69) is 217 Å². The van der Waals surface area contributed by atoms with E-state index in [1.165, 1.54) is 5.56 Å². The maximum Gasteiger partial charge on any atom is 1.00 e. The van der Waals surface area contributed by atoms with Crippen molar-refractivity contribution in [2.24, 2.45) is 16.2 Å². The summed E-state index contributed by atoms with van der Waals surface area (Å²) in [4.78, 5) is 9.00. The van der Waals surface area contributed by atoms with Crippen LogP contribution in [0.5, 0.6) is 28.7 Å². The van der Waals surface area contributed by atoms with Crippen molar-refractivity contribution in [1.82, 2.24) is 0 Å². The summed E-state index contributed by atoms with van der Waals surface area (Å²) in [6, 6.07) is 24.4. The summed E-state index contributed by atoms with van der Waals surface area (Å²) in [6.45, 7) is 7.62. The molecule has 0 aliphatic carbocycles. The molecule has 0 radical (unpaired) electrons. The summed E-state index contributed by atoms with van der Waals surface area (Å²) in [6.07, 6.45) is 0. The van der Waals surface area contributed by atoms with Gasteiger partial charge in [0.25, 0.3) is 5.97 Å². The van der Waals surface area contributed by atoms with Gasteiger partial charge in [-0.1, -0.05) is 137 Å². The van der Waals surface area contributed by atoms with Gasteiger partial charge in [0.15, 0.2) is 23.0 Å². The maximum atomic E-state index is 9.00. The Kier molecular flexibility index (Phi) is 59.7. The van der Waals surface area contributed by atoms with E-state index in [-0.39, 0.29) is 78.5 Å². The Morgan fingerprint density at radius 3 is 1.14 bits per heavy atom. The van der Waals surface area contributed by atoms with Crippen molar-refractivity contribution in [1.29, 1.82) is 0 Å². The predicted molar refractivity (Wildman–Crippen MR) is 411 cm³/mol. The number of methoxy groups -OCH3 is 1. The van der Waals surface area contributed by atoms with Gasteiger partial charge in [0.05, 0.1) is 87.3 Å². The molecule has 492 valence electrons. The van der Waals surface area contributed by atoms with Gasteiger partial charge in [-0.05, 0) is 130 Å². The number of thiophene rings is 6. The molecule has 2 aliphatic heterocycles. The van der Waals surface area contributed by atoms with E-state index < -0.39 is 5.97 Å². The van der Waals surface area contributed by atoms with Crippen LogP contribution in [0.3, 0.4) is 0 Å². The van der Waals surface area contributed by atoms with Crippen molar-refractivity contribution in [3.63, 3.8) is 0 Å². The number of benzene rings is 2. The predicted octanol–water partition coefficient (Wildman–Crippen LogP) is 18.6. The quantitative estimate of drug-likeness (QED) is 0.0658. The SMILES string of the molecule is BrBr.BrCC1(CBr)COc2cscc2OC1.Brc1cscc1Br.Brc1sc(Br)c(Br)c1Br.CC(=O)O.COc1cscc1C.C[O-].OCC(CO)(CBr)CBr.[Na+].[Zn].c1ccc(COCC2(COCc3ccccc3)COc3cscc3OC2)cc1.c1ccsc1. The van der Waals surface area contributed by atoms with Crippen LogP contribution in [0.2, 0.25) is 0 Å². The number of carboxylic acids is 1. The molecule has 2 aliphatic rings. The van der Waals surface area contributed by atoms with E-state index in [1.807, 2.05) is 104 Å². The molecule has 0 saturated carbocycles. The Labute approximate surface area is 687 Å². The molecule has 0 bridgehead atoms. The van der Waals surface area contributed by atoms with E-state index in [0.29, 0.717) is 63.5 Å². The van der Waals surface area contributed by atoms with Gasteiger partial charge in [-0.2, -0.15) is 29.8 Å². The minimum Gasteiger partial charge on any atom is -0.857 e. The van der Waals surface area contributed by atoms with Gasteiger partial charge in [0.1, 0.15) is 19.0 Å². The first-order valence-corrected chi connectivity index (χ1v) is 43.6. The van der Waals surface area contributed by atoms with Crippen molar-refractivity contribution in [3.05, 3.63) is 169 Å². The third kappa shape index (κ3) is 38.2. The van der Waals surface area contributed by atoms with E-state index >= 15 is 0 Å². The second-order valence-electron chi connectivity index (χ2n) is 17.9. The van der Waals surface area contributed by atoms with Gasteiger partial charge < -0.3 is 53.6 Å². The maximum absolute atomic E-state index is 9.00. The number of aryl methyl sites for hydroxylation is 1. The normalized spacial score (nSPS) is 12.3. The van der Waals surface area contributed by atoms with Gasteiger partial charge in [-0.25, -0.2) is 0 Å². The molecular weight excluding hydrogens is 2130 g/mol. The van der Waals surface area contributed by atoms with Crippen LogP contribution in [0.25, 0.3) is 0 Å². The molecule has 0 fully saturated rings. The average molecular weight is 2190 g/mol. The van der Waals surface area contributed by atoms with Crippen molar-refractivity contribution >= 4 is 262 Å². The second kappa shape index (κ2) is 57.0. The van der Waals surface area contributed by atoms with Crippen molar-refractivity contribution < 1.29 is 107 Å². The van der Waals surface area contributed by atoms with Crippen LogP contribution in [-0.4, -0.2) is 110 Å². The zero-order chi connectivity index (χ0) is 65.8. The van der Waals surface area contributed by atoms with Gasteiger partial charge in [0, 0.05) is 134 Å². The molecule has 0 spiro atoms. The van der Waals surface area contributed by atoms with Crippen LogP contribution in [0.1, 0.15) is 23.6 Å². The number of alkyl halides is 4. The molecule has 10 rings (SSSR count). The molecule has 3 N–H and O–H groups in total. The average Bonchev–Trinajstić information content (AvgIpc) is 1.94. The van der Waals surface area contributed by atoms with Gasteiger partial charge in [-0.15, -0.1) is 45.3 Å². The monoisotopic (exact) mass is 2180 g/mol. The number of aliphatic hydroxyl groups excluding tert-OH is 2. The molecule has 0 atom stereocenters. The number of hydrogen-bond acceptors (Lipinski definition) is 17. The summed E-state index contributed by atoms with van der Waals surface area (Å²) in [5.41, 5.74) is 2.81. The molecule has 32 heteroatoms. The largest absolute Gasteiger partial charge is 1.00 e. The summed E-state index contributed by atoms with van der Waals surface area (Å²) in [5, 5.41) is 56.3. The Balaban J connectivity index is 0. The molecule has 0 amide bonds. The Morgan fingerprint density at radius 1 is 0.578 bits per heavy atom. The number of halogens is 12. The fourth-order valence-corrected chi connectivity index (χ4v) is 17.7. The minimum absolute atomic E-state index is 0. The molecule has 8 aromatic rings. The molecule has 8 heterocycles. The van der Waals surface area contributed by atoms with Crippen molar-refractivity contribution in [2.45, 2.75) is 27.1 Å². The summed E-state index contributed by atoms with van der Waals surface area (Å²) < 4.78 is 47.2. The van der Waals surface area contributed by atoms with Gasteiger partial charge >= 0.3 is 29.6 Å². The van der Waals surface area contributed by atoms with E-state index in [9.17, 15) is 0 Å². The number of carbonyl (C=O) groups is 1. The first-order valence-electron chi connectivity index (χ1n) is 25.1. The zero-order valence-electron chi connectivity index (χ0n) is 49.3. The summed E-state index contributed by atoms with van der Waals surface area (Å²) >= 11 is 49.0. The Hall–Kier alpha value is 2.29. The summed E-state index contributed by atoms with van der Waals surface area (Å²) in [5.74, 6) is 3.52. The zero-order valence-corrected chi connectivity index (χ0v) is 78.2. The molecule has 6 aromatic heterocycles. The number of ether oxygens (including phenoxy) is 7. The Bertz CT molecular complexity index is 2810. The van der Waals surface area contributed by atoms with Crippen LogP contribution in [0.4, 0.5) is 0 Å². The first kappa shape index (κ1) is 94.3. The van der Waals surface area contributed by atoms with Crippen LogP contribution < -0.4 is 58.3 Å². The molecule has 2 aromatic carbocycles. The number of aliphatic hydroxyl groups is 2.